The summed E-state index contributed by atoms with van der Waals surface area (Å²) in [5, 5.41) is 3.52. The summed E-state index contributed by atoms with van der Waals surface area (Å²) in [5.41, 5.74) is 1.30. The normalized spacial score (nSPS) is 16.8. The largest absolute Gasteiger partial charge is 0.468 e. The molecule has 1 saturated carbocycles. The monoisotopic (exact) mass is 280 g/mol. The second kappa shape index (κ2) is 7.81. The third-order valence-electron chi connectivity index (χ3n) is 4.14. The van der Waals surface area contributed by atoms with Gasteiger partial charge >= 0.3 is 0 Å². The molecule has 4 heteroatoms. The average molecular weight is 280 g/mol. The number of hydrogen-bond donors (Lipinski definition) is 1. The van der Waals surface area contributed by atoms with Crippen molar-refractivity contribution in [3.05, 3.63) is 23.7 Å². The molecule has 114 valence electrons. The van der Waals surface area contributed by atoms with Crippen molar-refractivity contribution in [3.8, 4) is 0 Å². The lowest BCUT2D eigenvalue weighted by atomic mass is 10.1. The summed E-state index contributed by atoms with van der Waals surface area (Å²) in [4.78, 5) is 2.47. The molecular formula is C16H28N2O2. The molecule has 1 aliphatic carbocycles. The molecule has 0 saturated heterocycles. The van der Waals surface area contributed by atoms with Gasteiger partial charge in [-0.1, -0.05) is 6.92 Å². The maximum atomic E-state index is 5.64. The van der Waals surface area contributed by atoms with E-state index in [4.69, 9.17) is 9.15 Å². The maximum absolute atomic E-state index is 5.64. The second-order valence-corrected chi connectivity index (χ2v) is 5.74. The molecule has 1 aromatic heterocycles. The highest BCUT2D eigenvalue weighted by Gasteiger charge is 2.22. The van der Waals surface area contributed by atoms with E-state index in [1.165, 1.54) is 18.4 Å². The van der Waals surface area contributed by atoms with E-state index >= 15 is 0 Å². The Hall–Kier alpha value is -0.840. The van der Waals surface area contributed by atoms with Crippen LogP contribution in [0.5, 0.6) is 0 Å². The Morgan fingerprint density at radius 1 is 1.50 bits per heavy atom. The highest BCUT2D eigenvalue weighted by atomic mass is 16.5. The molecule has 1 unspecified atom stereocenters. The number of rotatable bonds is 10. The van der Waals surface area contributed by atoms with Crippen LogP contribution in [0.25, 0.3) is 0 Å². The number of nitrogens with zero attached hydrogens (tertiary/aromatic N) is 1. The van der Waals surface area contributed by atoms with E-state index in [2.05, 4.69) is 30.1 Å². The van der Waals surface area contributed by atoms with Gasteiger partial charge in [0, 0.05) is 37.8 Å². The molecule has 0 spiro atoms. The first-order valence-corrected chi connectivity index (χ1v) is 7.76. The summed E-state index contributed by atoms with van der Waals surface area (Å²) >= 11 is 0. The van der Waals surface area contributed by atoms with Crippen LogP contribution in [-0.4, -0.2) is 37.2 Å². The Balaban J connectivity index is 1.92. The minimum Gasteiger partial charge on any atom is -0.468 e. The van der Waals surface area contributed by atoms with Crippen molar-refractivity contribution in [2.24, 2.45) is 0 Å². The Labute approximate surface area is 122 Å². The van der Waals surface area contributed by atoms with Gasteiger partial charge < -0.3 is 14.5 Å². The lowest BCUT2D eigenvalue weighted by Crippen LogP contribution is -2.35. The van der Waals surface area contributed by atoms with Crippen LogP contribution in [0, 0.1) is 0 Å². The van der Waals surface area contributed by atoms with Gasteiger partial charge in [-0.05, 0) is 32.3 Å². The molecule has 1 atom stereocenters. The lowest BCUT2D eigenvalue weighted by molar-refractivity contribution is 0.117. The van der Waals surface area contributed by atoms with Gasteiger partial charge in [0.25, 0.3) is 0 Å². The molecule has 1 N–H and O–H groups in total. The number of furan rings is 1. The number of nitrogens with one attached hydrogen (secondary N) is 1. The van der Waals surface area contributed by atoms with Crippen LogP contribution in [0.2, 0.25) is 0 Å². The van der Waals surface area contributed by atoms with E-state index in [0.717, 1.165) is 38.4 Å². The van der Waals surface area contributed by atoms with Crippen LogP contribution < -0.4 is 5.32 Å². The molecule has 1 fully saturated rings. The minimum atomic E-state index is 0.560. The topological polar surface area (TPSA) is 37.6 Å². The zero-order valence-electron chi connectivity index (χ0n) is 13.0. The van der Waals surface area contributed by atoms with E-state index in [-0.39, 0.29) is 0 Å². The number of hydrogen-bond acceptors (Lipinski definition) is 4. The van der Waals surface area contributed by atoms with Crippen molar-refractivity contribution in [1.29, 1.82) is 0 Å². The standard InChI is InChI=1S/C16H28N2O2/c1-4-13(2)18(8-10-19-3)12-14-7-9-20-16(14)11-17-15-5-6-15/h7,9,13,15,17H,4-6,8,10-12H2,1-3H3. The lowest BCUT2D eigenvalue weighted by Gasteiger charge is -2.28. The van der Waals surface area contributed by atoms with Crippen molar-refractivity contribution >= 4 is 0 Å². The van der Waals surface area contributed by atoms with E-state index < -0.39 is 0 Å². The predicted octanol–water partition coefficient (Wildman–Crippen LogP) is 2.78. The summed E-state index contributed by atoms with van der Waals surface area (Å²) in [7, 11) is 1.76. The third kappa shape index (κ3) is 4.62. The zero-order valence-corrected chi connectivity index (χ0v) is 13.0. The van der Waals surface area contributed by atoms with Crippen molar-refractivity contribution < 1.29 is 9.15 Å². The zero-order chi connectivity index (χ0) is 14.4. The minimum absolute atomic E-state index is 0.560. The van der Waals surface area contributed by atoms with E-state index in [1.807, 2.05) is 6.26 Å². The highest BCUT2D eigenvalue weighted by molar-refractivity contribution is 5.17. The van der Waals surface area contributed by atoms with E-state index in [1.54, 1.807) is 7.11 Å². The fourth-order valence-electron chi connectivity index (χ4n) is 2.33. The molecule has 0 aliphatic heterocycles. The first-order valence-electron chi connectivity index (χ1n) is 7.76. The van der Waals surface area contributed by atoms with Crippen LogP contribution in [0.3, 0.4) is 0 Å². The van der Waals surface area contributed by atoms with Crippen molar-refractivity contribution in [1.82, 2.24) is 10.2 Å². The first-order chi connectivity index (χ1) is 9.74. The second-order valence-electron chi connectivity index (χ2n) is 5.74. The van der Waals surface area contributed by atoms with Gasteiger partial charge in [0.05, 0.1) is 19.4 Å². The van der Waals surface area contributed by atoms with E-state index in [9.17, 15) is 0 Å². The Kier molecular flexibility index (Phi) is 6.07. The molecule has 0 aromatic carbocycles. The van der Waals surface area contributed by atoms with Crippen LogP contribution in [0.4, 0.5) is 0 Å². The molecule has 2 rings (SSSR count). The molecule has 20 heavy (non-hydrogen) atoms. The van der Waals surface area contributed by atoms with Crippen LogP contribution in [-0.2, 0) is 17.8 Å². The number of methoxy groups -OCH3 is 1. The quantitative estimate of drug-likeness (QED) is 0.715. The van der Waals surface area contributed by atoms with Gasteiger partial charge in [0.2, 0.25) is 0 Å². The van der Waals surface area contributed by atoms with Crippen LogP contribution in [0.1, 0.15) is 44.4 Å². The van der Waals surface area contributed by atoms with Gasteiger partial charge in [-0.15, -0.1) is 0 Å². The Morgan fingerprint density at radius 2 is 2.30 bits per heavy atom. The Morgan fingerprint density at radius 3 is 2.95 bits per heavy atom. The highest BCUT2D eigenvalue weighted by Crippen LogP contribution is 2.21. The fraction of sp³-hybridized carbons (Fsp3) is 0.750. The molecular weight excluding hydrogens is 252 g/mol. The Bertz CT molecular complexity index is 388. The SMILES string of the molecule is CCC(C)N(CCOC)Cc1ccoc1CNC1CC1. The van der Waals surface area contributed by atoms with Crippen molar-refractivity contribution in [3.63, 3.8) is 0 Å². The van der Waals surface area contributed by atoms with Crippen LogP contribution in [0.15, 0.2) is 16.7 Å². The maximum Gasteiger partial charge on any atom is 0.122 e. The third-order valence-corrected chi connectivity index (χ3v) is 4.14. The molecule has 0 amide bonds. The van der Waals surface area contributed by atoms with Gasteiger partial charge in [-0.3, -0.25) is 4.90 Å². The predicted molar refractivity (Wildman–Crippen MR) is 80.6 cm³/mol. The van der Waals surface area contributed by atoms with Gasteiger partial charge in [-0.25, -0.2) is 0 Å². The number of ether oxygens (including phenoxy) is 1. The summed E-state index contributed by atoms with van der Waals surface area (Å²) in [6.45, 7) is 8.04. The molecule has 1 aromatic rings. The summed E-state index contributed by atoms with van der Waals surface area (Å²) in [5.74, 6) is 1.09. The first kappa shape index (κ1) is 15.5. The molecule has 4 nitrogen and oxygen atoms in total. The molecule has 1 heterocycles. The van der Waals surface area contributed by atoms with Gasteiger partial charge in [-0.2, -0.15) is 0 Å². The molecule has 0 radical (unpaired) electrons. The fourth-order valence-corrected chi connectivity index (χ4v) is 2.33. The summed E-state index contributed by atoms with van der Waals surface area (Å²) in [6.07, 6.45) is 5.58. The average Bonchev–Trinajstić information content (AvgIpc) is 3.19. The van der Waals surface area contributed by atoms with Crippen molar-refractivity contribution in [2.75, 3.05) is 20.3 Å². The van der Waals surface area contributed by atoms with Gasteiger partial charge in [0.1, 0.15) is 5.76 Å². The summed E-state index contributed by atoms with van der Waals surface area (Å²) in [6, 6.07) is 3.38. The van der Waals surface area contributed by atoms with E-state index in [0.29, 0.717) is 12.1 Å². The molecule has 0 bridgehead atoms. The van der Waals surface area contributed by atoms with Crippen LogP contribution >= 0.6 is 0 Å². The molecule has 1 aliphatic rings. The smallest absolute Gasteiger partial charge is 0.122 e. The summed E-state index contributed by atoms with van der Waals surface area (Å²) < 4.78 is 10.9. The van der Waals surface area contributed by atoms with Crippen molar-refractivity contribution in [2.45, 2.75) is 58.3 Å². The van der Waals surface area contributed by atoms with Gasteiger partial charge in [0.15, 0.2) is 0 Å².